The Morgan fingerprint density at radius 3 is 2.47 bits per heavy atom. The zero-order valence-corrected chi connectivity index (χ0v) is 21.2. The lowest BCUT2D eigenvalue weighted by Crippen LogP contribution is -2.44. The van der Waals surface area contributed by atoms with E-state index >= 15 is 0 Å². The van der Waals surface area contributed by atoms with Gasteiger partial charge in [-0.15, -0.1) is 0 Å². The normalized spacial score (nSPS) is 19.6. The van der Waals surface area contributed by atoms with Gasteiger partial charge in [0.1, 0.15) is 6.10 Å². The highest BCUT2D eigenvalue weighted by Crippen LogP contribution is 2.38. The molecule has 1 heterocycles. The summed E-state index contributed by atoms with van der Waals surface area (Å²) in [5.74, 6) is -0.219. The third-order valence-corrected chi connectivity index (χ3v) is 11.4. The first-order valence-electron chi connectivity index (χ1n) is 11.5. The lowest BCUT2D eigenvalue weighted by molar-refractivity contribution is 0.0456. The minimum Gasteiger partial charge on any atom is -0.461 e. The van der Waals surface area contributed by atoms with Crippen LogP contribution in [-0.2, 0) is 4.43 Å². The minimum atomic E-state index is -1.88. The molecule has 1 aliphatic rings. The molecule has 32 heavy (non-hydrogen) atoms. The molecule has 0 spiro atoms. The van der Waals surface area contributed by atoms with Crippen LogP contribution in [0.3, 0.4) is 0 Å². The molecule has 0 saturated heterocycles. The fraction of sp³-hybridized carbons (Fsp3) is 0.560. The predicted octanol–water partition coefficient (Wildman–Crippen LogP) is 5.20. The van der Waals surface area contributed by atoms with Crippen LogP contribution in [0.4, 0.5) is 0 Å². The van der Waals surface area contributed by atoms with Crippen molar-refractivity contribution in [2.24, 2.45) is 5.92 Å². The molecule has 1 aliphatic carbocycles. The van der Waals surface area contributed by atoms with Crippen molar-refractivity contribution in [3.8, 4) is 6.01 Å². The molecule has 174 valence electrons. The number of ether oxygens (including phenoxy) is 1. The smallest absolute Gasteiger partial charge is 0.306 e. The van der Waals surface area contributed by atoms with Gasteiger partial charge >= 0.3 is 6.01 Å². The predicted molar refractivity (Wildman–Crippen MR) is 129 cm³/mol. The molecular weight excluding hydrogens is 420 g/mol. The lowest BCUT2D eigenvalue weighted by atomic mass is 9.87. The molecule has 6 nitrogen and oxygen atoms in total. The fourth-order valence-electron chi connectivity index (χ4n) is 3.69. The van der Waals surface area contributed by atoms with Crippen molar-refractivity contribution in [2.45, 2.75) is 77.6 Å². The van der Waals surface area contributed by atoms with Crippen LogP contribution in [0, 0.1) is 12.8 Å². The second-order valence-electron chi connectivity index (χ2n) is 10.3. The number of aromatic nitrogens is 2. The molecule has 1 aromatic heterocycles. The molecule has 3 rings (SSSR count). The topological polar surface area (TPSA) is 70.4 Å². The maximum Gasteiger partial charge on any atom is 0.306 e. The number of benzene rings is 1. The molecule has 0 aliphatic heterocycles. The average Bonchev–Trinajstić information content (AvgIpc) is 2.75. The van der Waals surface area contributed by atoms with Gasteiger partial charge in [0.15, 0.2) is 8.32 Å². The van der Waals surface area contributed by atoms with Gasteiger partial charge in [-0.2, -0.15) is 4.57 Å². The fourth-order valence-corrected chi connectivity index (χ4v) is 4.75. The van der Waals surface area contributed by atoms with E-state index < -0.39 is 19.8 Å². The summed E-state index contributed by atoms with van der Waals surface area (Å²) in [7, 11) is -1.88. The van der Waals surface area contributed by atoms with Crippen molar-refractivity contribution in [3.05, 3.63) is 58.0 Å². The van der Waals surface area contributed by atoms with E-state index in [9.17, 15) is 9.59 Å². The van der Waals surface area contributed by atoms with Crippen LogP contribution in [-0.4, -0.2) is 36.5 Å². The standard InChI is InChI=1S/C25H36N2O4Si/c1-18-16-26-24(27(22(18)28)23(29)19-12-8-7-9-13-19)31-21-15-11-10-14-20(21)17-30-32(5,6)25(2,3)4/h7-9,12-13,16,20-21H,10-11,14-15,17H2,1-6H3/t20-,21+/m0/s1. The van der Waals surface area contributed by atoms with E-state index in [1.54, 1.807) is 31.2 Å². The Kier molecular flexibility index (Phi) is 7.40. The van der Waals surface area contributed by atoms with Gasteiger partial charge in [-0.05, 0) is 56.5 Å². The van der Waals surface area contributed by atoms with Crippen molar-refractivity contribution in [1.82, 2.24) is 9.55 Å². The van der Waals surface area contributed by atoms with E-state index in [1.807, 2.05) is 6.07 Å². The molecule has 1 fully saturated rings. The van der Waals surface area contributed by atoms with Crippen molar-refractivity contribution < 1.29 is 14.0 Å². The van der Waals surface area contributed by atoms with Gasteiger partial charge in [-0.3, -0.25) is 9.59 Å². The number of carbonyl (C=O) groups is 1. The van der Waals surface area contributed by atoms with Crippen LogP contribution >= 0.6 is 0 Å². The molecule has 2 aromatic rings. The molecule has 0 amide bonds. The first kappa shape index (κ1) is 24.4. The van der Waals surface area contributed by atoms with Crippen LogP contribution in [0.1, 0.15) is 62.4 Å². The van der Waals surface area contributed by atoms with Crippen LogP contribution in [0.5, 0.6) is 6.01 Å². The summed E-state index contributed by atoms with van der Waals surface area (Å²) < 4.78 is 13.9. The third kappa shape index (κ3) is 5.38. The summed E-state index contributed by atoms with van der Waals surface area (Å²) in [6.07, 6.45) is 5.37. The first-order valence-corrected chi connectivity index (χ1v) is 14.4. The summed E-state index contributed by atoms with van der Waals surface area (Å²) >= 11 is 0. The maximum atomic E-state index is 13.2. The Bertz CT molecular complexity index is 995. The SMILES string of the molecule is Cc1cnc(O[C@@H]2CCCC[C@H]2CO[Si](C)(C)C(C)(C)C)n(C(=O)c2ccccc2)c1=O. The van der Waals surface area contributed by atoms with E-state index in [4.69, 9.17) is 9.16 Å². The van der Waals surface area contributed by atoms with Crippen molar-refractivity contribution >= 4 is 14.2 Å². The van der Waals surface area contributed by atoms with Gasteiger partial charge in [-0.25, -0.2) is 4.98 Å². The largest absolute Gasteiger partial charge is 0.461 e. The Hall–Kier alpha value is -2.25. The highest BCUT2D eigenvalue weighted by molar-refractivity contribution is 6.74. The lowest BCUT2D eigenvalue weighted by Gasteiger charge is -2.39. The quantitative estimate of drug-likeness (QED) is 0.559. The van der Waals surface area contributed by atoms with Gasteiger partial charge < -0.3 is 9.16 Å². The van der Waals surface area contributed by atoms with E-state index in [0.717, 1.165) is 30.3 Å². The zero-order chi connectivity index (χ0) is 23.5. The number of aryl methyl sites for hydroxylation is 1. The number of carbonyl (C=O) groups excluding carboxylic acids is 1. The van der Waals surface area contributed by atoms with Gasteiger partial charge in [0.2, 0.25) is 0 Å². The second kappa shape index (κ2) is 9.71. The Labute approximate surface area is 192 Å². The number of hydrogen-bond donors (Lipinski definition) is 0. The molecule has 0 radical (unpaired) electrons. The van der Waals surface area contributed by atoms with E-state index in [1.165, 1.54) is 6.20 Å². The summed E-state index contributed by atoms with van der Waals surface area (Å²) in [6.45, 7) is 13.5. The molecular formula is C25H36N2O4Si. The van der Waals surface area contributed by atoms with Crippen molar-refractivity contribution in [1.29, 1.82) is 0 Å². The molecule has 0 unspecified atom stereocenters. The highest BCUT2D eigenvalue weighted by Gasteiger charge is 2.39. The van der Waals surface area contributed by atoms with Gasteiger partial charge in [-0.1, -0.05) is 45.4 Å². The molecule has 2 atom stereocenters. The van der Waals surface area contributed by atoms with Crippen LogP contribution in [0.25, 0.3) is 0 Å². The molecule has 1 saturated carbocycles. The second-order valence-corrected chi connectivity index (χ2v) is 15.1. The monoisotopic (exact) mass is 456 g/mol. The van der Waals surface area contributed by atoms with E-state index in [2.05, 4.69) is 38.8 Å². The molecule has 0 bridgehead atoms. The zero-order valence-electron chi connectivity index (χ0n) is 20.2. The van der Waals surface area contributed by atoms with Crippen molar-refractivity contribution in [2.75, 3.05) is 6.61 Å². The van der Waals surface area contributed by atoms with Gasteiger partial charge in [0.25, 0.3) is 11.5 Å². The van der Waals surface area contributed by atoms with Crippen molar-refractivity contribution in [3.63, 3.8) is 0 Å². The first-order chi connectivity index (χ1) is 15.0. The van der Waals surface area contributed by atoms with Crippen LogP contribution < -0.4 is 10.3 Å². The Morgan fingerprint density at radius 2 is 1.81 bits per heavy atom. The van der Waals surface area contributed by atoms with E-state index in [-0.39, 0.29) is 23.1 Å². The number of rotatable bonds is 6. The molecule has 0 N–H and O–H groups in total. The maximum absolute atomic E-state index is 13.2. The summed E-state index contributed by atoms with van der Waals surface area (Å²) in [5, 5.41) is 0.138. The Balaban J connectivity index is 1.86. The molecule has 1 aromatic carbocycles. The van der Waals surface area contributed by atoms with Crippen LogP contribution in [0.15, 0.2) is 41.3 Å². The van der Waals surface area contributed by atoms with Gasteiger partial charge in [0.05, 0.1) is 0 Å². The molecule has 7 heteroatoms. The summed E-state index contributed by atoms with van der Waals surface area (Å²) in [4.78, 5) is 30.4. The highest BCUT2D eigenvalue weighted by atomic mass is 28.4. The third-order valence-electron chi connectivity index (χ3n) is 6.88. The summed E-state index contributed by atoms with van der Waals surface area (Å²) in [6, 6.07) is 8.84. The van der Waals surface area contributed by atoms with Gasteiger partial charge in [0, 0.05) is 29.8 Å². The average molecular weight is 457 g/mol. The number of nitrogens with zero attached hydrogens (tertiary/aromatic N) is 2. The van der Waals surface area contributed by atoms with E-state index in [0.29, 0.717) is 17.7 Å². The Morgan fingerprint density at radius 1 is 1.16 bits per heavy atom. The van der Waals surface area contributed by atoms with Crippen LogP contribution in [0.2, 0.25) is 18.1 Å². The number of hydrogen-bond acceptors (Lipinski definition) is 5. The summed E-state index contributed by atoms with van der Waals surface area (Å²) in [5.41, 5.74) is 0.435. The minimum absolute atomic E-state index is 0.0682.